The Morgan fingerprint density at radius 1 is 1.17 bits per heavy atom. The molecule has 0 radical (unpaired) electrons. The minimum atomic E-state index is -0.544. The first-order valence-corrected chi connectivity index (χ1v) is 11.7. The zero-order valence-electron chi connectivity index (χ0n) is 19.4. The molecule has 0 saturated heterocycles. The molecule has 0 aliphatic carbocycles. The molecular formula is C24H24FN5O4S. The van der Waals surface area contributed by atoms with Crippen molar-refractivity contribution in [1.29, 1.82) is 0 Å². The van der Waals surface area contributed by atoms with Crippen molar-refractivity contribution in [1.82, 2.24) is 15.0 Å². The number of carbonyl (C=O) groups excluding carboxylic acids is 2. The van der Waals surface area contributed by atoms with E-state index < -0.39 is 5.82 Å². The summed E-state index contributed by atoms with van der Waals surface area (Å²) in [6.07, 6.45) is 3.52. The summed E-state index contributed by atoms with van der Waals surface area (Å²) in [6.45, 7) is 2.18. The lowest BCUT2D eigenvalue weighted by molar-refractivity contribution is 0.102. The quantitative estimate of drug-likeness (QED) is 0.468. The molecule has 0 saturated carbocycles. The van der Waals surface area contributed by atoms with Crippen molar-refractivity contribution in [2.75, 3.05) is 19.5 Å². The maximum atomic E-state index is 14.2. The molecule has 9 nitrogen and oxygen atoms in total. The van der Waals surface area contributed by atoms with Crippen LogP contribution < -0.4 is 14.8 Å². The zero-order chi connectivity index (χ0) is 24.9. The molecular weight excluding hydrogens is 473 g/mol. The lowest BCUT2D eigenvalue weighted by Crippen LogP contribution is -2.35. The largest absolute Gasteiger partial charge is 0.492 e. The Balaban J connectivity index is 1.58. The van der Waals surface area contributed by atoms with Gasteiger partial charge in [-0.1, -0.05) is 30.8 Å². The number of rotatable bonds is 8. The van der Waals surface area contributed by atoms with Crippen LogP contribution in [0.2, 0.25) is 0 Å². The third-order valence-electron chi connectivity index (χ3n) is 5.39. The zero-order valence-corrected chi connectivity index (χ0v) is 20.2. The normalized spacial score (nSPS) is 15.5. The van der Waals surface area contributed by atoms with Crippen LogP contribution in [0.3, 0.4) is 0 Å². The lowest BCUT2D eigenvalue weighted by Gasteiger charge is -2.29. The highest BCUT2D eigenvalue weighted by molar-refractivity contribution is 8.14. The van der Waals surface area contributed by atoms with E-state index in [4.69, 9.17) is 9.47 Å². The van der Waals surface area contributed by atoms with Gasteiger partial charge in [-0.05, 0) is 36.2 Å². The van der Waals surface area contributed by atoms with Gasteiger partial charge in [-0.15, -0.1) is 0 Å². The fourth-order valence-corrected chi connectivity index (χ4v) is 4.58. The minimum Gasteiger partial charge on any atom is -0.492 e. The first kappa shape index (κ1) is 24.3. The molecule has 1 atom stereocenters. The molecule has 0 fully saturated rings. The number of aromatic nitrogens is 2. The van der Waals surface area contributed by atoms with Gasteiger partial charge < -0.3 is 19.8 Å². The van der Waals surface area contributed by atoms with Gasteiger partial charge in [0.1, 0.15) is 5.69 Å². The topological polar surface area (TPSA) is 109 Å². The molecule has 2 N–H and O–H groups in total. The molecule has 0 bridgehead atoms. The molecule has 2 heterocycles. The smallest absolute Gasteiger partial charge is 0.302 e. The molecule has 35 heavy (non-hydrogen) atoms. The number of nitrogens with one attached hydrogen (secondary N) is 2. The van der Waals surface area contributed by atoms with Crippen LogP contribution >= 0.6 is 11.8 Å². The van der Waals surface area contributed by atoms with Crippen molar-refractivity contribution in [2.45, 2.75) is 25.1 Å². The number of hydrogen-bond donors (Lipinski definition) is 2. The maximum absolute atomic E-state index is 14.2. The lowest BCUT2D eigenvalue weighted by atomic mass is 10.0. The van der Waals surface area contributed by atoms with Crippen molar-refractivity contribution in [3.63, 3.8) is 0 Å². The number of amides is 2. The van der Waals surface area contributed by atoms with Crippen molar-refractivity contribution < 1.29 is 23.5 Å². The second-order valence-electron chi connectivity index (χ2n) is 7.60. The van der Waals surface area contributed by atoms with Crippen molar-refractivity contribution in [3.05, 3.63) is 71.6 Å². The third kappa shape index (κ3) is 5.14. The second kappa shape index (κ2) is 10.6. The van der Waals surface area contributed by atoms with Gasteiger partial charge in [0, 0.05) is 11.3 Å². The highest BCUT2D eigenvalue weighted by Gasteiger charge is 2.33. The average Bonchev–Trinajstić information content (AvgIpc) is 3.41. The summed E-state index contributed by atoms with van der Waals surface area (Å²) in [7, 11) is 2.81. The Kier molecular flexibility index (Phi) is 7.35. The summed E-state index contributed by atoms with van der Waals surface area (Å²) in [5, 5.41) is 8.38. The Morgan fingerprint density at radius 3 is 2.54 bits per heavy atom. The highest BCUT2D eigenvalue weighted by atomic mass is 32.2. The Labute approximate surface area is 205 Å². The van der Waals surface area contributed by atoms with Crippen molar-refractivity contribution in [2.24, 2.45) is 5.10 Å². The number of aromatic amines is 1. The average molecular weight is 498 g/mol. The molecule has 4 rings (SSSR count). The Hall–Kier alpha value is -3.86. The van der Waals surface area contributed by atoms with Crippen molar-refractivity contribution >= 4 is 34.3 Å². The molecule has 1 unspecified atom stereocenters. The first-order chi connectivity index (χ1) is 16.9. The fourth-order valence-electron chi connectivity index (χ4n) is 3.66. The predicted octanol–water partition coefficient (Wildman–Crippen LogP) is 4.67. The van der Waals surface area contributed by atoms with Gasteiger partial charge >= 0.3 is 5.24 Å². The summed E-state index contributed by atoms with van der Waals surface area (Å²) >= 11 is 1.16. The van der Waals surface area contributed by atoms with E-state index in [1.165, 1.54) is 37.8 Å². The van der Waals surface area contributed by atoms with Gasteiger partial charge in [0.2, 0.25) is 0 Å². The fraction of sp³-hybridized carbons (Fsp3) is 0.250. The molecule has 1 aromatic heterocycles. The highest BCUT2D eigenvalue weighted by Crippen LogP contribution is 2.38. The monoisotopic (exact) mass is 497 g/mol. The number of methoxy groups -OCH3 is 2. The van der Waals surface area contributed by atoms with E-state index in [2.05, 4.69) is 20.4 Å². The molecule has 0 spiro atoms. The number of ether oxygens (including phenoxy) is 2. The summed E-state index contributed by atoms with van der Waals surface area (Å²) < 4.78 is 24.9. The Bertz CT molecular complexity index is 1250. The van der Waals surface area contributed by atoms with E-state index in [9.17, 15) is 14.0 Å². The van der Waals surface area contributed by atoms with Gasteiger partial charge in [0.25, 0.3) is 5.91 Å². The maximum Gasteiger partial charge on any atom is 0.302 e. The van der Waals surface area contributed by atoms with E-state index in [1.54, 1.807) is 18.2 Å². The van der Waals surface area contributed by atoms with Gasteiger partial charge in [0.05, 0.1) is 44.3 Å². The van der Waals surface area contributed by atoms with Gasteiger partial charge in [0.15, 0.2) is 17.3 Å². The van der Waals surface area contributed by atoms with E-state index in [0.29, 0.717) is 29.1 Å². The van der Waals surface area contributed by atoms with E-state index in [1.807, 2.05) is 19.1 Å². The third-order valence-corrected chi connectivity index (χ3v) is 6.65. The van der Waals surface area contributed by atoms with Crippen LogP contribution in [0.15, 0.2) is 54.0 Å². The molecule has 2 amide bonds. The standard InChI is InChI=1S/C24H24FN5O4S/c1-4-19-20(16-9-10-17(25)22(34-3)21(16)33-2)29-30(24(32)35-19)12-14-5-7-15(8-6-14)28-23(31)18-11-26-13-27-18/h5-11,13,19H,4,12H2,1-3H3,(H,26,27)(H,28,31). The number of halogens is 1. The summed E-state index contributed by atoms with van der Waals surface area (Å²) in [5.74, 6) is -0.625. The number of benzene rings is 2. The Morgan fingerprint density at radius 2 is 1.91 bits per heavy atom. The number of hydrogen-bond acceptors (Lipinski definition) is 7. The molecule has 3 aromatic rings. The minimum absolute atomic E-state index is 0.0104. The van der Waals surface area contributed by atoms with Crippen LogP contribution in [0.25, 0.3) is 0 Å². The first-order valence-electron chi connectivity index (χ1n) is 10.8. The van der Waals surface area contributed by atoms with Gasteiger partial charge in [-0.2, -0.15) is 5.10 Å². The molecule has 11 heteroatoms. The number of hydrazone groups is 1. The van der Waals surface area contributed by atoms with Crippen LogP contribution in [-0.4, -0.2) is 51.3 Å². The van der Waals surface area contributed by atoms with Crippen LogP contribution in [-0.2, 0) is 6.54 Å². The van der Waals surface area contributed by atoms with Crippen LogP contribution in [0, 0.1) is 5.82 Å². The molecule has 2 aromatic carbocycles. The van der Waals surface area contributed by atoms with E-state index in [0.717, 1.165) is 17.3 Å². The number of H-pyrrole nitrogens is 1. The summed E-state index contributed by atoms with van der Waals surface area (Å²) in [5.41, 5.74) is 2.95. The van der Waals surface area contributed by atoms with Crippen molar-refractivity contribution in [3.8, 4) is 11.5 Å². The van der Waals surface area contributed by atoms with E-state index in [-0.39, 0.29) is 34.4 Å². The summed E-state index contributed by atoms with van der Waals surface area (Å²) in [6, 6.07) is 10.0. The van der Waals surface area contributed by atoms with E-state index >= 15 is 0 Å². The second-order valence-corrected chi connectivity index (χ2v) is 8.76. The molecule has 1 aliphatic heterocycles. The summed E-state index contributed by atoms with van der Waals surface area (Å²) in [4.78, 5) is 31.6. The SMILES string of the molecule is CCC1SC(=O)N(Cc2ccc(NC(=O)c3cnc[nH]3)cc2)N=C1c1ccc(F)c(OC)c1OC. The molecule has 1 aliphatic rings. The van der Waals surface area contributed by atoms with Crippen LogP contribution in [0.5, 0.6) is 11.5 Å². The number of carbonyl (C=O) groups is 2. The predicted molar refractivity (Wildman–Crippen MR) is 132 cm³/mol. The molecule has 182 valence electrons. The van der Waals surface area contributed by atoms with Crippen LogP contribution in [0.4, 0.5) is 14.9 Å². The van der Waals surface area contributed by atoms with Gasteiger partial charge in [-0.25, -0.2) is 14.4 Å². The number of imidazole rings is 1. The van der Waals surface area contributed by atoms with Gasteiger partial charge in [-0.3, -0.25) is 9.59 Å². The van der Waals surface area contributed by atoms with Crippen LogP contribution in [0.1, 0.15) is 35.0 Å². The number of thioether (sulfide) groups is 1. The number of nitrogens with zero attached hydrogens (tertiary/aromatic N) is 3. The number of anilines is 1.